The van der Waals surface area contributed by atoms with Crippen molar-refractivity contribution >= 4 is 34.5 Å². The third-order valence-corrected chi connectivity index (χ3v) is 2.86. The first-order valence-electron chi connectivity index (χ1n) is 5.33. The molecule has 1 heterocycles. The maximum atomic E-state index is 12.0. The predicted molar refractivity (Wildman–Crippen MR) is 76.6 cm³/mol. The van der Waals surface area contributed by atoms with Crippen molar-refractivity contribution in [1.29, 1.82) is 0 Å². The summed E-state index contributed by atoms with van der Waals surface area (Å²) >= 11 is 2.00. The van der Waals surface area contributed by atoms with Crippen LogP contribution in [0.2, 0.25) is 0 Å². The van der Waals surface area contributed by atoms with Gasteiger partial charge >= 0.3 is 0 Å². The number of hydrogen-bond acceptors (Lipinski definition) is 4. The number of nitrogens with zero attached hydrogens (tertiary/aromatic N) is 3. The predicted octanol–water partition coefficient (Wildman–Crippen LogP) is 1.45. The zero-order valence-electron chi connectivity index (χ0n) is 9.72. The quantitative estimate of drug-likeness (QED) is 0.813. The number of nitrogens with one attached hydrogen (secondary N) is 2. The zero-order valence-corrected chi connectivity index (χ0v) is 11.9. The van der Waals surface area contributed by atoms with Gasteiger partial charge in [0, 0.05) is 12.7 Å². The second kappa shape index (κ2) is 5.80. The van der Waals surface area contributed by atoms with Gasteiger partial charge in [-0.1, -0.05) is 17.3 Å². The van der Waals surface area contributed by atoms with Crippen molar-refractivity contribution in [1.82, 2.24) is 18.5 Å². The summed E-state index contributed by atoms with van der Waals surface area (Å²) in [6.45, 7) is 0.361. The summed E-state index contributed by atoms with van der Waals surface area (Å²) in [6.07, 6.45) is 1.75. The van der Waals surface area contributed by atoms with Gasteiger partial charge in [-0.2, -0.15) is 2.90 Å². The molecule has 0 radical (unpaired) electrons. The van der Waals surface area contributed by atoms with E-state index in [0.717, 1.165) is 11.4 Å². The number of aromatic nitrogens is 3. The minimum absolute atomic E-state index is 0.136. The van der Waals surface area contributed by atoms with Gasteiger partial charge < -0.3 is 10.6 Å². The number of carbonyl (C=O) groups excluding carboxylic acids is 1. The van der Waals surface area contributed by atoms with Gasteiger partial charge in [-0.05, 0) is 12.1 Å². The fourth-order valence-electron chi connectivity index (χ4n) is 1.52. The zero-order chi connectivity index (χ0) is 13.0. The molecule has 2 rings (SSSR count). The number of benzene rings is 1. The molecule has 0 bridgehead atoms. The fraction of sp³-hybridized carbons (Fsp3) is 0.182. The number of amides is 1. The van der Waals surface area contributed by atoms with Crippen LogP contribution in [-0.2, 0) is 6.54 Å². The van der Waals surface area contributed by atoms with Gasteiger partial charge in [0.15, 0.2) is 0 Å². The van der Waals surface area contributed by atoms with Gasteiger partial charge in [0.2, 0.25) is 0 Å². The number of halogens is 1. The topological polar surface area (TPSA) is 71.8 Å². The summed E-state index contributed by atoms with van der Waals surface area (Å²) in [5.74, 6) is -0.136. The van der Waals surface area contributed by atoms with E-state index in [2.05, 4.69) is 20.9 Å². The highest BCUT2D eigenvalue weighted by Gasteiger charge is 2.10. The highest BCUT2D eigenvalue weighted by atomic mass is 127. The molecule has 1 amide bonds. The first kappa shape index (κ1) is 12.8. The molecule has 0 saturated heterocycles. The van der Waals surface area contributed by atoms with Gasteiger partial charge in [-0.15, -0.1) is 5.10 Å². The highest BCUT2D eigenvalue weighted by Crippen LogP contribution is 2.13. The van der Waals surface area contributed by atoms with E-state index >= 15 is 0 Å². The smallest absolute Gasteiger partial charge is 0.253 e. The average Bonchev–Trinajstić information content (AvgIpc) is 2.81. The number of anilines is 1. The minimum atomic E-state index is -0.136. The van der Waals surface area contributed by atoms with Crippen molar-refractivity contribution in [3.63, 3.8) is 0 Å². The Bertz CT molecular complexity index is 554. The Morgan fingerprint density at radius 2 is 2.22 bits per heavy atom. The molecule has 0 aliphatic heterocycles. The molecule has 1 aromatic heterocycles. The van der Waals surface area contributed by atoms with E-state index in [1.165, 1.54) is 0 Å². The molecule has 0 atom stereocenters. The monoisotopic (exact) mass is 357 g/mol. The molecule has 0 unspecified atom stereocenters. The average molecular weight is 357 g/mol. The molecule has 0 aliphatic rings. The normalized spacial score (nSPS) is 10.1. The Balaban J connectivity index is 2.03. The lowest BCUT2D eigenvalue weighted by Crippen LogP contribution is -2.23. The van der Waals surface area contributed by atoms with Crippen molar-refractivity contribution in [3.05, 3.63) is 41.7 Å². The molecule has 1 aromatic carbocycles. The Labute approximate surface area is 118 Å². The van der Waals surface area contributed by atoms with Crippen LogP contribution in [0.25, 0.3) is 0 Å². The lowest BCUT2D eigenvalue weighted by atomic mass is 10.1. The summed E-state index contributed by atoms with van der Waals surface area (Å²) in [5.41, 5.74) is 2.13. The number of para-hydroxylation sites is 1. The van der Waals surface area contributed by atoms with Crippen molar-refractivity contribution in [2.75, 3.05) is 12.4 Å². The maximum Gasteiger partial charge on any atom is 0.253 e. The summed E-state index contributed by atoms with van der Waals surface area (Å²) in [5, 5.41) is 13.5. The van der Waals surface area contributed by atoms with E-state index in [1.54, 1.807) is 22.2 Å². The molecule has 0 fully saturated rings. The number of rotatable bonds is 4. The van der Waals surface area contributed by atoms with Crippen LogP contribution in [-0.4, -0.2) is 26.2 Å². The second-order valence-corrected chi connectivity index (χ2v) is 4.57. The number of carbonyl (C=O) groups is 1. The summed E-state index contributed by atoms with van der Waals surface area (Å²) in [7, 11) is 1.79. The molecule has 18 heavy (non-hydrogen) atoms. The molecule has 7 heteroatoms. The fourth-order valence-corrected chi connectivity index (χ4v) is 1.94. The largest absolute Gasteiger partial charge is 0.387 e. The Kier molecular flexibility index (Phi) is 4.13. The molecule has 0 aliphatic carbocycles. The van der Waals surface area contributed by atoms with Crippen LogP contribution in [0.4, 0.5) is 5.69 Å². The molecule has 0 spiro atoms. The van der Waals surface area contributed by atoms with Crippen LogP contribution in [0.15, 0.2) is 30.5 Å². The lowest BCUT2D eigenvalue weighted by molar-refractivity contribution is 0.0951. The summed E-state index contributed by atoms with van der Waals surface area (Å²) < 4.78 is 1.57. The first-order chi connectivity index (χ1) is 8.70. The number of hydrogen-bond donors (Lipinski definition) is 2. The van der Waals surface area contributed by atoms with Crippen molar-refractivity contribution in [3.8, 4) is 0 Å². The maximum absolute atomic E-state index is 12.0. The summed E-state index contributed by atoms with van der Waals surface area (Å²) in [6, 6.07) is 7.34. The molecule has 94 valence electrons. The molecule has 2 N–H and O–H groups in total. The lowest BCUT2D eigenvalue weighted by Gasteiger charge is -2.08. The van der Waals surface area contributed by atoms with Gasteiger partial charge in [-0.3, -0.25) is 4.79 Å². The first-order valence-corrected chi connectivity index (χ1v) is 6.29. The van der Waals surface area contributed by atoms with Crippen molar-refractivity contribution in [2.45, 2.75) is 6.54 Å². The Hall–Kier alpha value is -1.64. The third-order valence-electron chi connectivity index (χ3n) is 2.39. The van der Waals surface area contributed by atoms with E-state index in [1.807, 2.05) is 41.1 Å². The van der Waals surface area contributed by atoms with E-state index in [0.29, 0.717) is 12.1 Å². The van der Waals surface area contributed by atoms with Gasteiger partial charge in [-0.25, -0.2) is 0 Å². The van der Waals surface area contributed by atoms with E-state index in [4.69, 9.17) is 0 Å². The molecule has 2 aromatic rings. The highest BCUT2D eigenvalue weighted by molar-refractivity contribution is 14.1. The van der Waals surface area contributed by atoms with Crippen LogP contribution in [0.1, 0.15) is 16.1 Å². The van der Waals surface area contributed by atoms with Crippen LogP contribution in [0, 0.1) is 0 Å². The molecule has 0 saturated carbocycles. The van der Waals surface area contributed by atoms with Crippen molar-refractivity contribution in [2.24, 2.45) is 0 Å². The SMILES string of the molecule is CNc1ccccc1C(=O)NCc1cn(I)nn1. The Morgan fingerprint density at radius 3 is 2.89 bits per heavy atom. The van der Waals surface area contributed by atoms with Gasteiger partial charge in [0.25, 0.3) is 5.91 Å². The van der Waals surface area contributed by atoms with Crippen LogP contribution >= 0.6 is 22.9 Å². The minimum Gasteiger partial charge on any atom is -0.387 e. The van der Waals surface area contributed by atoms with E-state index in [9.17, 15) is 4.79 Å². The van der Waals surface area contributed by atoms with Crippen molar-refractivity contribution < 1.29 is 4.79 Å². The standard InChI is InChI=1S/C11H12IN5O/c1-13-10-5-3-2-4-9(10)11(18)14-6-8-7-17(12)16-15-8/h2-5,7,13H,6H2,1H3,(H,14,18). The van der Waals surface area contributed by atoms with E-state index in [-0.39, 0.29) is 5.91 Å². The van der Waals surface area contributed by atoms with Crippen LogP contribution in [0.5, 0.6) is 0 Å². The third kappa shape index (κ3) is 2.97. The van der Waals surface area contributed by atoms with E-state index < -0.39 is 0 Å². The van der Waals surface area contributed by atoms with Crippen LogP contribution in [0.3, 0.4) is 0 Å². The van der Waals surface area contributed by atoms with Gasteiger partial charge in [0.05, 0.1) is 41.2 Å². The van der Waals surface area contributed by atoms with Gasteiger partial charge in [0.1, 0.15) is 5.69 Å². The molecular weight excluding hydrogens is 345 g/mol. The molecule has 6 nitrogen and oxygen atoms in total. The molecular formula is C11H12IN5O. The second-order valence-electron chi connectivity index (χ2n) is 3.58. The summed E-state index contributed by atoms with van der Waals surface area (Å²) in [4.78, 5) is 12.0. The Morgan fingerprint density at radius 1 is 1.44 bits per heavy atom. The van der Waals surface area contributed by atoms with Crippen LogP contribution < -0.4 is 10.6 Å².